The fraction of sp³-hybridized carbons (Fsp3) is 0.130. The summed E-state index contributed by atoms with van der Waals surface area (Å²) >= 11 is 0. The lowest BCUT2D eigenvalue weighted by Gasteiger charge is -2.26. The number of rotatable bonds is 2. The summed E-state index contributed by atoms with van der Waals surface area (Å²) in [5.74, 6) is 0.738. The molecule has 5 rings (SSSR count). The van der Waals surface area contributed by atoms with Crippen molar-refractivity contribution >= 4 is 27.6 Å². The van der Waals surface area contributed by atoms with E-state index in [-0.39, 0.29) is 11.9 Å². The van der Waals surface area contributed by atoms with Gasteiger partial charge in [0, 0.05) is 23.6 Å². The first kappa shape index (κ1) is 15.8. The molecular weight excluding hydrogens is 336 g/mol. The predicted octanol–water partition coefficient (Wildman–Crippen LogP) is 4.64. The average molecular weight is 354 g/mol. The van der Waals surface area contributed by atoms with Crippen LogP contribution in [0.3, 0.4) is 0 Å². The highest BCUT2D eigenvalue weighted by atomic mass is 16.5. The Bertz CT molecular complexity index is 1170. The van der Waals surface area contributed by atoms with Crippen LogP contribution in [0.4, 0.5) is 0 Å². The maximum Gasteiger partial charge on any atom is 0.254 e. The zero-order chi connectivity index (χ0) is 18.2. The molecule has 3 aromatic carbocycles. The van der Waals surface area contributed by atoms with Crippen molar-refractivity contribution in [3.8, 4) is 5.75 Å². The predicted molar refractivity (Wildman–Crippen MR) is 106 cm³/mol. The minimum atomic E-state index is -0.105. The zero-order valence-electron chi connectivity index (χ0n) is 14.7. The van der Waals surface area contributed by atoms with Crippen LogP contribution in [0.25, 0.3) is 21.7 Å². The molecule has 0 bridgehead atoms. The average Bonchev–Trinajstić information content (AvgIpc) is 2.73. The highest BCUT2D eigenvalue weighted by molar-refractivity contribution is 6.15. The zero-order valence-corrected chi connectivity index (χ0v) is 14.7. The van der Waals surface area contributed by atoms with Crippen molar-refractivity contribution in [1.29, 1.82) is 0 Å². The van der Waals surface area contributed by atoms with E-state index in [0.717, 1.165) is 39.4 Å². The third-order valence-corrected chi connectivity index (χ3v) is 5.12. The van der Waals surface area contributed by atoms with Gasteiger partial charge in [0.25, 0.3) is 5.91 Å². The van der Waals surface area contributed by atoms with Gasteiger partial charge < -0.3 is 10.1 Å². The summed E-state index contributed by atoms with van der Waals surface area (Å²) < 4.78 is 5.71. The second-order valence-corrected chi connectivity index (χ2v) is 6.75. The minimum absolute atomic E-state index is 0.0623. The van der Waals surface area contributed by atoms with Crippen molar-refractivity contribution in [1.82, 2.24) is 10.3 Å². The van der Waals surface area contributed by atoms with Crippen molar-refractivity contribution in [2.75, 3.05) is 6.61 Å². The van der Waals surface area contributed by atoms with E-state index in [4.69, 9.17) is 4.74 Å². The number of ether oxygens (including phenoxy) is 1. The summed E-state index contributed by atoms with van der Waals surface area (Å²) in [6.07, 6.45) is 2.49. The summed E-state index contributed by atoms with van der Waals surface area (Å²) in [7, 11) is 0. The molecule has 0 radical (unpaired) electrons. The van der Waals surface area contributed by atoms with E-state index >= 15 is 0 Å². The van der Waals surface area contributed by atoms with E-state index in [2.05, 4.69) is 16.4 Å². The Morgan fingerprint density at radius 1 is 1.00 bits per heavy atom. The number of aromatic nitrogens is 1. The molecule has 2 heterocycles. The Labute approximate surface area is 156 Å². The second kappa shape index (κ2) is 6.40. The molecule has 1 aliphatic heterocycles. The lowest BCUT2D eigenvalue weighted by molar-refractivity contribution is 0.0926. The van der Waals surface area contributed by atoms with E-state index in [0.29, 0.717) is 12.2 Å². The number of hydrogen-bond donors (Lipinski definition) is 1. The molecular formula is C23H18N2O2. The van der Waals surface area contributed by atoms with Gasteiger partial charge in [-0.05, 0) is 29.0 Å². The first-order chi connectivity index (χ1) is 13.3. The van der Waals surface area contributed by atoms with E-state index in [1.165, 1.54) is 0 Å². The minimum Gasteiger partial charge on any atom is -0.493 e. The van der Waals surface area contributed by atoms with E-state index in [9.17, 15) is 4.79 Å². The number of nitrogens with one attached hydrogen (secondary N) is 1. The van der Waals surface area contributed by atoms with Crippen LogP contribution in [0.2, 0.25) is 0 Å². The molecule has 0 saturated heterocycles. The second-order valence-electron chi connectivity index (χ2n) is 6.75. The van der Waals surface area contributed by atoms with Gasteiger partial charge in [-0.1, -0.05) is 48.5 Å². The molecule has 4 heteroatoms. The molecule has 0 unspecified atom stereocenters. The summed E-state index contributed by atoms with van der Waals surface area (Å²) in [6.45, 7) is 0.596. The van der Waals surface area contributed by atoms with Crippen LogP contribution in [-0.2, 0) is 0 Å². The number of pyridine rings is 1. The molecule has 0 fully saturated rings. The van der Waals surface area contributed by atoms with Crippen molar-refractivity contribution in [2.24, 2.45) is 0 Å². The van der Waals surface area contributed by atoms with Crippen molar-refractivity contribution in [3.63, 3.8) is 0 Å². The SMILES string of the molecule is O=C(N[C@@H]1CCOc2ccccc21)c1cc2ccccc2c2cccnc12. The van der Waals surface area contributed by atoms with Crippen LogP contribution < -0.4 is 10.1 Å². The van der Waals surface area contributed by atoms with E-state index in [1.54, 1.807) is 6.20 Å². The summed E-state index contributed by atoms with van der Waals surface area (Å²) in [6, 6.07) is 21.8. The molecule has 1 amide bonds. The molecule has 132 valence electrons. The lowest BCUT2D eigenvalue weighted by atomic mass is 9.98. The number of amides is 1. The number of carbonyl (C=O) groups excluding carboxylic acids is 1. The van der Waals surface area contributed by atoms with Crippen molar-refractivity contribution < 1.29 is 9.53 Å². The largest absolute Gasteiger partial charge is 0.493 e. The van der Waals surface area contributed by atoms with Gasteiger partial charge in [0.05, 0.1) is 23.7 Å². The molecule has 0 saturated carbocycles. The highest BCUT2D eigenvalue weighted by Gasteiger charge is 2.24. The number of fused-ring (bicyclic) bond motifs is 4. The Kier molecular flexibility index (Phi) is 3.75. The smallest absolute Gasteiger partial charge is 0.254 e. The molecule has 0 spiro atoms. The Morgan fingerprint density at radius 2 is 1.81 bits per heavy atom. The number of benzene rings is 3. The monoisotopic (exact) mass is 354 g/mol. The molecule has 1 atom stereocenters. The van der Waals surface area contributed by atoms with Gasteiger partial charge in [-0.2, -0.15) is 0 Å². The molecule has 1 aliphatic rings. The molecule has 1 N–H and O–H groups in total. The van der Waals surface area contributed by atoms with E-state index in [1.807, 2.05) is 60.7 Å². The first-order valence-electron chi connectivity index (χ1n) is 9.10. The van der Waals surface area contributed by atoms with Gasteiger partial charge in [-0.3, -0.25) is 9.78 Å². The lowest BCUT2D eigenvalue weighted by Crippen LogP contribution is -2.32. The Balaban J connectivity index is 1.58. The molecule has 4 aromatic rings. The summed E-state index contributed by atoms with van der Waals surface area (Å²) in [5, 5.41) is 6.33. The maximum atomic E-state index is 13.2. The third-order valence-electron chi connectivity index (χ3n) is 5.12. The fourth-order valence-electron chi connectivity index (χ4n) is 3.83. The van der Waals surface area contributed by atoms with Gasteiger partial charge in [-0.25, -0.2) is 0 Å². The number of hydrogen-bond acceptors (Lipinski definition) is 3. The quantitative estimate of drug-likeness (QED) is 0.534. The molecule has 0 aliphatic carbocycles. The van der Waals surface area contributed by atoms with Gasteiger partial charge in [0.1, 0.15) is 5.75 Å². The Hall–Kier alpha value is -3.40. The molecule has 4 nitrogen and oxygen atoms in total. The van der Waals surface area contributed by atoms with Crippen LogP contribution in [-0.4, -0.2) is 17.5 Å². The van der Waals surface area contributed by atoms with Crippen LogP contribution >= 0.6 is 0 Å². The van der Waals surface area contributed by atoms with Gasteiger partial charge in [-0.15, -0.1) is 0 Å². The van der Waals surface area contributed by atoms with Crippen molar-refractivity contribution in [2.45, 2.75) is 12.5 Å². The first-order valence-corrected chi connectivity index (χ1v) is 9.10. The van der Waals surface area contributed by atoms with Crippen LogP contribution in [0, 0.1) is 0 Å². The van der Waals surface area contributed by atoms with Crippen LogP contribution in [0.15, 0.2) is 72.9 Å². The van der Waals surface area contributed by atoms with Crippen molar-refractivity contribution in [3.05, 3.63) is 84.1 Å². The topological polar surface area (TPSA) is 51.2 Å². The number of nitrogens with zero attached hydrogens (tertiary/aromatic N) is 1. The highest BCUT2D eigenvalue weighted by Crippen LogP contribution is 2.33. The number of para-hydroxylation sites is 1. The van der Waals surface area contributed by atoms with Crippen LogP contribution in [0.5, 0.6) is 5.75 Å². The normalized spacial score (nSPS) is 15.9. The third kappa shape index (κ3) is 2.70. The van der Waals surface area contributed by atoms with Crippen LogP contribution in [0.1, 0.15) is 28.4 Å². The Morgan fingerprint density at radius 3 is 2.78 bits per heavy atom. The van der Waals surface area contributed by atoms with E-state index < -0.39 is 0 Å². The van der Waals surface area contributed by atoms with Gasteiger partial charge in [0.2, 0.25) is 0 Å². The standard InChI is InChI=1S/C23H18N2O2/c26-23(25-20-11-13-27-21-10-4-3-8-18(20)21)19-14-15-6-1-2-7-16(15)17-9-5-12-24-22(17)19/h1-10,12,14,20H,11,13H2,(H,25,26)/t20-/m1/s1. The summed E-state index contributed by atoms with van der Waals surface area (Å²) in [4.78, 5) is 17.7. The molecule has 1 aromatic heterocycles. The molecule has 27 heavy (non-hydrogen) atoms. The maximum absolute atomic E-state index is 13.2. The van der Waals surface area contributed by atoms with Gasteiger partial charge >= 0.3 is 0 Å². The number of carbonyl (C=O) groups is 1. The van der Waals surface area contributed by atoms with Gasteiger partial charge in [0.15, 0.2) is 0 Å². The fourth-order valence-corrected chi connectivity index (χ4v) is 3.83. The summed E-state index contributed by atoms with van der Waals surface area (Å²) in [5.41, 5.74) is 2.36.